The molecule has 0 saturated carbocycles. The van der Waals surface area contributed by atoms with Gasteiger partial charge in [0.05, 0.1) is 18.0 Å². The van der Waals surface area contributed by atoms with Gasteiger partial charge < -0.3 is 14.3 Å². The fraction of sp³-hybridized carbons (Fsp3) is 0.278. The maximum Gasteiger partial charge on any atom is 0.147 e. The lowest BCUT2D eigenvalue weighted by Gasteiger charge is -2.19. The average molecular weight is 313 g/mol. The molecular formula is C18H20FN3O. The van der Waals surface area contributed by atoms with Crippen LogP contribution in [0.4, 0.5) is 4.39 Å². The monoisotopic (exact) mass is 313 g/mol. The first-order valence-corrected chi connectivity index (χ1v) is 7.65. The zero-order valence-corrected chi connectivity index (χ0v) is 13.5. The summed E-state index contributed by atoms with van der Waals surface area (Å²) < 4.78 is 21.6. The molecule has 1 N–H and O–H groups in total. The highest BCUT2D eigenvalue weighted by Gasteiger charge is 2.15. The van der Waals surface area contributed by atoms with Gasteiger partial charge in [0.15, 0.2) is 0 Å². The Morgan fingerprint density at radius 2 is 2.04 bits per heavy atom. The Morgan fingerprint density at radius 3 is 2.65 bits per heavy atom. The number of aromatic nitrogens is 2. The van der Waals surface area contributed by atoms with E-state index in [4.69, 9.17) is 4.42 Å². The van der Waals surface area contributed by atoms with Crippen LogP contribution in [-0.2, 0) is 0 Å². The minimum Gasteiger partial charge on any atom is -0.468 e. The van der Waals surface area contributed by atoms with Gasteiger partial charge >= 0.3 is 0 Å². The Labute approximate surface area is 135 Å². The lowest BCUT2D eigenvalue weighted by Crippen LogP contribution is -2.22. The van der Waals surface area contributed by atoms with Crippen LogP contribution >= 0.6 is 0 Å². The van der Waals surface area contributed by atoms with Crippen LogP contribution in [0.3, 0.4) is 0 Å². The van der Waals surface area contributed by atoms with Crippen molar-refractivity contribution < 1.29 is 8.81 Å². The number of rotatable bonds is 5. The highest BCUT2D eigenvalue weighted by Crippen LogP contribution is 2.23. The Morgan fingerprint density at radius 1 is 1.22 bits per heavy atom. The fourth-order valence-corrected chi connectivity index (χ4v) is 2.71. The van der Waals surface area contributed by atoms with Crippen molar-refractivity contribution in [2.75, 3.05) is 0 Å². The topological polar surface area (TPSA) is 43.0 Å². The molecule has 0 spiro atoms. The van der Waals surface area contributed by atoms with Gasteiger partial charge in [-0.25, -0.2) is 9.37 Å². The van der Waals surface area contributed by atoms with Crippen LogP contribution in [0.25, 0.3) is 5.69 Å². The molecule has 0 saturated heterocycles. The number of halogens is 1. The smallest absolute Gasteiger partial charge is 0.147 e. The van der Waals surface area contributed by atoms with E-state index in [0.29, 0.717) is 5.69 Å². The van der Waals surface area contributed by atoms with E-state index < -0.39 is 0 Å². The molecule has 120 valence electrons. The third-order valence-corrected chi connectivity index (χ3v) is 4.03. The molecule has 0 unspecified atom stereocenters. The van der Waals surface area contributed by atoms with Crippen molar-refractivity contribution in [3.63, 3.8) is 0 Å². The van der Waals surface area contributed by atoms with Gasteiger partial charge in [-0.2, -0.15) is 0 Å². The van der Waals surface area contributed by atoms with Crippen molar-refractivity contribution in [3.05, 3.63) is 72.0 Å². The fourth-order valence-electron chi connectivity index (χ4n) is 2.71. The minimum absolute atomic E-state index is 0.00235. The first-order valence-electron chi connectivity index (χ1n) is 7.65. The Kier molecular flexibility index (Phi) is 4.30. The third kappa shape index (κ3) is 3.19. The van der Waals surface area contributed by atoms with Crippen molar-refractivity contribution in [2.45, 2.75) is 32.9 Å². The molecule has 5 heteroatoms. The number of nitrogens with one attached hydrogen (secondary N) is 1. The molecule has 23 heavy (non-hydrogen) atoms. The summed E-state index contributed by atoms with van der Waals surface area (Å²) in [6.45, 7) is 5.88. The van der Waals surface area contributed by atoms with Crippen LogP contribution < -0.4 is 5.32 Å². The molecule has 3 aromatic rings. The maximum atomic E-state index is 14.5. The first kappa shape index (κ1) is 15.5. The van der Waals surface area contributed by atoms with E-state index in [-0.39, 0.29) is 17.9 Å². The number of aryl methyl sites for hydroxylation is 1. The van der Waals surface area contributed by atoms with Crippen molar-refractivity contribution >= 4 is 0 Å². The predicted molar refractivity (Wildman–Crippen MR) is 86.9 cm³/mol. The molecule has 1 aromatic carbocycles. The van der Waals surface area contributed by atoms with Crippen molar-refractivity contribution in [2.24, 2.45) is 0 Å². The summed E-state index contributed by atoms with van der Waals surface area (Å²) in [5.74, 6) is 1.36. The van der Waals surface area contributed by atoms with Gasteiger partial charge in [0.1, 0.15) is 17.4 Å². The summed E-state index contributed by atoms with van der Waals surface area (Å²) in [4.78, 5) is 4.13. The molecule has 2 aromatic heterocycles. The average Bonchev–Trinajstić information content (AvgIpc) is 3.18. The Balaban J connectivity index is 1.78. The largest absolute Gasteiger partial charge is 0.468 e. The van der Waals surface area contributed by atoms with Crippen LogP contribution in [0.15, 0.2) is 53.4 Å². The van der Waals surface area contributed by atoms with E-state index in [1.807, 2.05) is 39.0 Å². The van der Waals surface area contributed by atoms with Gasteiger partial charge in [-0.3, -0.25) is 0 Å². The Bertz CT molecular complexity index is 779. The molecule has 4 nitrogen and oxygen atoms in total. The van der Waals surface area contributed by atoms with Crippen molar-refractivity contribution in [3.8, 4) is 5.69 Å². The molecule has 0 radical (unpaired) electrons. The van der Waals surface area contributed by atoms with E-state index in [9.17, 15) is 4.39 Å². The summed E-state index contributed by atoms with van der Waals surface area (Å²) in [5.41, 5.74) is 1.40. The lowest BCUT2D eigenvalue weighted by atomic mass is 10.1. The van der Waals surface area contributed by atoms with Crippen molar-refractivity contribution in [1.82, 2.24) is 14.9 Å². The van der Waals surface area contributed by atoms with Gasteiger partial charge in [-0.05, 0) is 50.6 Å². The van der Waals surface area contributed by atoms with Crippen molar-refractivity contribution in [1.29, 1.82) is 0 Å². The number of hydrogen-bond donors (Lipinski definition) is 1. The van der Waals surface area contributed by atoms with Crippen LogP contribution in [0.5, 0.6) is 0 Å². The van der Waals surface area contributed by atoms with Gasteiger partial charge in [-0.15, -0.1) is 0 Å². The molecule has 2 atom stereocenters. The van der Waals surface area contributed by atoms with Crippen LogP contribution in [0.1, 0.15) is 43.1 Å². The lowest BCUT2D eigenvalue weighted by molar-refractivity contribution is 0.402. The molecule has 3 rings (SSSR count). The predicted octanol–water partition coefficient (Wildman–Crippen LogP) is 4.32. The molecule has 0 amide bonds. The van der Waals surface area contributed by atoms with Gasteiger partial charge in [0.2, 0.25) is 0 Å². The summed E-state index contributed by atoms with van der Waals surface area (Å²) in [5, 5.41) is 3.41. The summed E-state index contributed by atoms with van der Waals surface area (Å²) in [7, 11) is 0. The highest BCUT2D eigenvalue weighted by atomic mass is 19.1. The highest BCUT2D eigenvalue weighted by molar-refractivity contribution is 5.38. The normalized spacial score (nSPS) is 13.9. The summed E-state index contributed by atoms with van der Waals surface area (Å²) in [6, 6.07) is 9.14. The van der Waals surface area contributed by atoms with E-state index >= 15 is 0 Å². The second-order valence-electron chi connectivity index (χ2n) is 5.68. The number of benzene rings is 1. The molecular weight excluding hydrogens is 293 g/mol. The second kappa shape index (κ2) is 6.38. The molecule has 0 aliphatic rings. The van der Waals surface area contributed by atoms with Crippen LogP contribution in [-0.4, -0.2) is 9.55 Å². The molecule has 2 heterocycles. The quantitative estimate of drug-likeness (QED) is 0.762. The van der Waals surface area contributed by atoms with Gasteiger partial charge in [-0.1, -0.05) is 6.07 Å². The molecule has 0 fully saturated rings. The summed E-state index contributed by atoms with van der Waals surface area (Å²) >= 11 is 0. The minimum atomic E-state index is -0.261. The standard InChI is InChI=1S/C18H20FN3O/c1-12(21-13(2)18-5-4-10-23-18)15-6-7-17(16(19)11-15)22-9-8-20-14(22)3/h4-13,21H,1-3H3/t12-,13-/m1/s1. The molecule has 0 aliphatic carbocycles. The van der Waals surface area contributed by atoms with E-state index in [2.05, 4.69) is 10.3 Å². The van der Waals surface area contributed by atoms with Crippen LogP contribution in [0, 0.1) is 12.7 Å². The Hall–Kier alpha value is -2.40. The second-order valence-corrected chi connectivity index (χ2v) is 5.68. The number of furan rings is 1. The zero-order valence-electron chi connectivity index (χ0n) is 13.5. The van der Waals surface area contributed by atoms with Gasteiger partial charge in [0.25, 0.3) is 0 Å². The number of nitrogens with zero attached hydrogens (tertiary/aromatic N) is 2. The van der Waals surface area contributed by atoms with Gasteiger partial charge in [0, 0.05) is 18.4 Å². The SMILES string of the molecule is Cc1nccn1-c1ccc([C@@H](C)N[C@H](C)c2ccco2)cc1F. The maximum absolute atomic E-state index is 14.5. The first-order chi connectivity index (χ1) is 11.1. The summed E-state index contributed by atoms with van der Waals surface area (Å²) in [6.07, 6.45) is 5.08. The molecule has 0 bridgehead atoms. The zero-order chi connectivity index (χ0) is 16.4. The third-order valence-electron chi connectivity index (χ3n) is 4.03. The number of imidazole rings is 1. The van der Waals surface area contributed by atoms with Crippen LogP contribution in [0.2, 0.25) is 0 Å². The van der Waals surface area contributed by atoms with E-state index in [0.717, 1.165) is 17.1 Å². The van der Waals surface area contributed by atoms with E-state index in [1.54, 1.807) is 35.4 Å². The number of hydrogen-bond acceptors (Lipinski definition) is 3. The van der Waals surface area contributed by atoms with E-state index in [1.165, 1.54) is 0 Å². The molecule has 0 aliphatic heterocycles.